The van der Waals surface area contributed by atoms with Crippen LogP contribution in [0.5, 0.6) is 5.75 Å². The topological polar surface area (TPSA) is 63.6 Å². The number of esters is 1. The third-order valence-corrected chi connectivity index (χ3v) is 3.80. The van der Waals surface area contributed by atoms with Crippen LogP contribution in [-0.4, -0.2) is 17.0 Å². The molecule has 0 bridgehead atoms. The number of hydrogen-bond acceptors (Lipinski definition) is 3. The number of carboxylic acids is 1. The fraction of sp³-hybridized carbons (Fsp3) is 0.0476. The standard InChI is InChI=1S/C21H16O4/c22-20(23)17-12-7-13-18(14-17)25-21(24)19(15-8-3-1-4-9-15)16-10-5-2-6-11-16/h1-14,19H,(H,22,23). The van der Waals surface area contributed by atoms with Crippen LogP contribution in [0.1, 0.15) is 27.4 Å². The second kappa shape index (κ2) is 7.45. The maximum atomic E-state index is 12.8. The Morgan fingerprint density at radius 2 is 1.32 bits per heavy atom. The van der Waals surface area contributed by atoms with Crippen molar-refractivity contribution in [2.24, 2.45) is 0 Å². The lowest BCUT2D eigenvalue weighted by atomic mass is 9.91. The van der Waals surface area contributed by atoms with Crippen LogP contribution in [0.2, 0.25) is 0 Å². The zero-order valence-corrected chi connectivity index (χ0v) is 13.3. The minimum atomic E-state index is -1.07. The monoisotopic (exact) mass is 332 g/mol. The van der Waals surface area contributed by atoms with Crippen LogP contribution in [0.25, 0.3) is 0 Å². The van der Waals surface area contributed by atoms with E-state index in [9.17, 15) is 9.59 Å². The first-order valence-corrected chi connectivity index (χ1v) is 7.80. The van der Waals surface area contributed by atoms with E-state index in [1.807, 2.05) is 60.7 Å². The molecule has 0 radical (unpaired) electrons. The van der Waals surface area contributed by atoms with Gasteiger partial charge < -0.3 is 9.84 Å². The molecule has 0 aliphatic carbocycles. The molecule has 3 rings (SSSR count). The van der Waals surface area contributed by atoms with Gasteiger partial charge in [0, 0.05) is 0 Å². The van der Waals surface area contributed by atoms with Crippen LogP contribution >= 0.6 is 0 Å². The number of carbonyl (C=O) groups excluding carboxylic acids is 1. The first-order valence-electron chi connectivity index (χ1n) is 7.80. The molecule has 0 fully saturated rings. The molecule has 3 aromatic carbocycles. The Hall–Kier alpha value is -3.40. The van der Waals surface area contributed by atoms with Crippen LogP contribution in [0.3, 0.4) is 0 Å². The SMILES string of the molecule is O=C(O)c1cccc(OC(=O)C(c2ccccc2)c2ccccc2)c1. The zero-order valence-electron chi connectivity index (χ0n) is 13.3. The minimum absolute atomic E-state index is 0.0706. The first kappa shape index (κ1) is 16.5. The maximum Gasteiger partial charge on any atom is 0.335 e. The Labute approximate surface area is 145 Å². The molecule has 0 aliphatic rings. The Morgan fingerprint density at radius 1 is 0.760 bits per heavy atom. The normalized spacial score (nSPS) is 10.4. The second-order valence-electron chi connectivity index (χ2n) is 5.51. The molecule has 0 saturated carbocycles. The van der Waals surface area contributed by atoms with Crippen molar-refractivity contribution >= 4 is 11.9 Å². The lowest BCUT2D eigenvalue weighted by Crippen LogP contribution is -2.20. The largest absolute Gasteiger partial charge is 0.478 e. The number of aromatic carboxylic acids is 1. The third-order valence-electron chi connectivity index (χ3n) is 3.80. The summed E-state index contributed by atoms with van der Waals surface area (Å²) in [5, 5.41) is 9.07. The summed E-state index contributed by atoms with van der Waals surface area (Å²) in [5.41, 5.74) is 1.70. The summed E-state index contributed by atoms with van der Waals surface area (Å²) in [6, 6.07) is 24.6. The van der Waals surface area contributed by atoms with Gasteiger partial charge in [-0.15, -0.1) is 0 Å². The van der Waals surface area contributed by atoms with Crippen LogP contribution in [-0.2, 0) is 4.79 Å². The molecule has 0 amide bonds. The van der Waals surface area contributed by atoms with Crippen molar-refractivity contribution in [3.05, 3.63) is 102 Å². The Kier molecular flexibility index (Phi) is 4.90. The zero-order chi connectivity index (χ0) is 17.6. The Morgan fingerprint density at radius 3 is 1.84 bits per heavy atom. The third kappa shape index (κ3) is 3.93. The molecule has 25 heavy (non-hydrogen) atoms. The van der Waals surface area contributed by atoms with Gasteiger partial charge in [0.05, 0.1) is 5.56 Å². The minimum Gasteiger partial charge on any atom is -0.478 e. The molecule has 0 spiro atoms. The van der Waals surface area contributed by atoms with Gasteiger partial charge in [0.25, 0.3) is 0 Å². The predicted octanol–water partition coefficient (Wildman–Crippen LogP) is 4.12. The van der Waals surface area contributed by atoms with Crippen LogP contribution < -0.4 is 4.74 Å². The maximum absolute atomic E-state index is 12.8. The van der Waals surface area contributed by atoms with Gasteiger partial charge in [-0.2, -0.15) is 0 Å². The molecule has 0 saturated heterocycles. The van der Waals surface area contributed by atoms with Crippen molar-refractivity contribution in [3.8, 4) is 5.75 Å². The molecule has 124 valence electrons. The molecular weight excluding hydrogens is 316 g/mol. The summed E-state index contributed by atoms with van der Waals surface area (Å²) in [6.45, 7) is 0. The highest BCUT2D eigenvalue weighted by molar-refractivity contribution is 5.89. The highest BCUT2D eigenvalue weighted by Crippen LogP contribution is 2.27. The van der Waals surface area contributed by atoms with Crippen molar-refractivity contribution in [2.45, 2.75) is 5.92 Å². The van der Waals surface area contributed by atoms with E-state index in [0.717, 1.165) is 11.1 Å². The molecule has 0 aliphatic heterocycles. The molecule has 1 N–H and O–H groups in total. The van der Waals surface area contributed by atoms with Gasteiger partial charge in [-0.25, -0.2) is 4.79 Å². The van der Waals surface area contributed by atoms with Gasteiger partial charge in [0.15, 0.2) is 0 Å². The quantitative estimate of drug-likeness (QED) is 0.564. The van der Waals surface area contributed by atoms with Crippen molar-refractivity contribution < 1.29 is 19.4 Å². The van der Waals surface area contributed by atoms with Gasteiger partial charge in [-0.05, 0) is 29.3 Å². The fourth-order valence-electron chi connectivity index (χ4n) is 2.62. The molecule has 4 heteroatoms. The van der Waals surface area contributed by atoms with E-state index >= 15 is 0 Å². The number of benzene rings is 3. The number of hydrogen-bond donors (Lipinski definition) is 1. The van der Waals surface area contributed by atoms with E-state index in [-0.39, 0.29) is 11.3 Å². The summed E-state index contributed by atoms with van der Waals surface area (Å²) >= 11 is 0. The lowest BCUT2D eigenvalue weighted by molar-refractivity contribution is -0.135. The number of carbonyl (C=O) groups is 2. The first-order chi connectivity index (χ1) is 12.1. The van der Waals surface area contributed by atoms with E-state index in [0.29, 0.717) is 0 Å². The van der Waals surface area contributed by atoms with E-state index in [4.69, 9.17) is 9.84 Å². The predicted molar refractivity (Wildman–Crippen MR) is 93.8 cm³/mol. The lowest BCUT2D eigenvalue weighted by Gasteiger charge is -2.17. The average Bonchev–Trinajstić information content (AvgIpc) is 2.64. The molecular formula is C21H16O4. The molecule has 0 unspecified atom stereocenters. The summed E-state index contributed by atoms with van der Waals surface area (Å²) in [4.78, 5) is 23.9. The second-order valence-corrected chi connectivity index (χ2v) is 5.51. The van der Waals surface area contributed by atoms with E-state index in [1.165, 1.54) is 12.1 Å². The number of carboxylic acid groups (broad SMARTS) is 1. The van der Waals surface area contributed by atoms with Gasteiger partial charge in [0.1, 0.15) is 11.7 Å². The highest BCUT2D eigenvalue weighted by Gasteiger charge is 2.24. The Balaban J connectivity index is 1.93. The highest BCUT2D eigenvalue weighted by atomic mass is 16.5. The molecule has 0 atom stereocenters. The van der Waals surface area contributed by atoms with Crippen molar-refractivity contribution in [1.82, 2.24) is 0 Å². The molecule has 3 aromatic rings. The van der Waals surface area contributed by atoms with Gasteiger partial charge in [0.2, 0.25) is 0 Å². The van der Waals surface area contributed by atoms with Crippen molar-refractivity contribution in [3.63, 3.8) is 0 Å². The Bertz CT molecular complexity index is 833. The number of rotatable bonds is 5. The van der Waals surface area contributed by atoms with Crippen LogP contribution in [0.15, 0.2) is 84.9 Å². The van der Waals surface area contributed by atoms with Gasteiger partial charge in [-0.1, -0.05) is 66.7 Å². The summed E-state index contributed by atoms with van der Waals surface area (Å²) in [7, 11) is 0. The molecule has 4 nitrogen and oxygen atoms in total. The average molecular weight is 332 g/mol. The van der Waals surface area contributed by atoms with Crippen LogP contribution in [0.4, 0.5) is 0 Å². The fourth-order valence-corrected chi connectivity index (χ4v) is 2.62. The molecule has 0 aromatic heterocycles. The van der Waals surface area contributed by atoms with E-state index in [1.54, 1.807) is 12.1 Å². The van der Waals surface area contributed by atoms with E-state index < -0.39 is 17.9 Å². The summed E-state index contributed by atoms with van der Waals surface area (Å²) in [5.74, 6) is -1.90. The smallest absolute Gasteiger partial charge is 0.335 e. The van der Waals surface area contributed by atoms with Gasteiger partial charge >= 0.3 is 11.9 Å². The van der Waals surface area contributed by atoms with Gasteiger partial charge in [-0.3, -0.25) is 4.79 Å². The van der Waals surface area contributed by atoms with E-state index in [2.05, 4.69) is 0 Å². The van der Waals surface area contributed by atoms with Crippen molar-refractivity contribution in [2.75, 3.05) is 0 Å². The van der Waals surface area contributed by atoms with Crippen molar-refractivity contribution in [1.29, 1.82) is 0 Å². The summed E-state index contributed by atoms with van der Waals surface area (Å²) < 4.78 is 5.47. The molecule has 0 heterocycles. The summed E-state index contributed by atoms with van der Waals surface area (Å²) in [6.07, 6.45) is 0. The van der Waals surface area contributed by atoms with Crippen LogP contribution in [0, 0.1) is 0 Å². The number of ether oxygens (including phenoxy) is 1.